The van der Waals surface area contributed by atoms with Crippen LogP contribution in [0.15, 0.2) is 49.2 Å². The molecule has 0 bridgehead atoms. The molecule has 1 aromatic carbocycles. The molecule has 0 unspecified atom stereocenters. The molecule has 22 heavy (non-hydrogen) atoms. The smallest absolute Gasteiger partial charge is 0.221 e. The highest BCUT2D eigenvalue weighted by Gasteiger charge is 2.05. The number of aryl methyl sites for hydroxylation is 1. The summed E-state index contributed by atoms with van der Waals surface area (Å²) in [6.45, 7) is 1.19. The van der Waals surface area contributed by atoms with Crippen LogP contribution in [0.1, 0.15) is 12.1 Å². The van der Waals surface area contributed by atoms with E-state index in [4.69, 9.17) is 0 Å². The SMILES string of the molecule is O=C(CCn1cnc2ccccc21)NCCc1cnccn1. The van der Waals surface area contributed by atoms with E-state index >= 15 is 0 Å². The number of para-hydroxylation sites is 2. The molecular weight excluding hydrogens is 278 g/mol. The first-order valence-corrected chi connectivity index (χ1v) is 7.24. The summed E-state index contributed by atoms with van der Waals surface area (Å²) >= 11 is 0. The van der Waals surface area contributed by atoms with Gasteiger partial charge in [0.2, 0.25) is 5.91 Å². The molecule has 0 fully saturated rings. The summed E-state index contributed by atoms with van der Waals surface area (Å²) in [6.07, 6.45) is 7.90. The van der Waals surface area contributed by atoms with Crippen molar-refractivity contribution in [1.82, 2.24) is 24.8 Å². The Balaban J connectivity index is 1.46. The van der Waals surface area contributed by atoms with Crippen LogP contribution < -0.4 is 5.32 Å². The highest BCUT2D eigenvalue weighted by Crippen LogP contribution is 2.11. The maximum atomic E-state index is 11.9. The van der Waals surface area contributed by atoms with Gasteiger partial charge in [0.25, 0.3) is 0 Å². The third kappa shape index (κ3) is 3.46. The summed E-state index contributed by atoms with van der Waals surface area (Å²) in [5.41, 5.74) is 2.88. The van der Waals surface area contributed by atoms with Crippen molar-refractivity contribution in [2.75, 3.05) is 6.54 Å². The molecule has 6 heteroatoms. The van der Waals surface area contributed by atoms with E-state index in [0.717, 1.165) is 16.7 Å². The highest BCUT2D eigenvalue weighted by molar-refractivity contribution is 5.77. The molecule has 0 atom stereocenters. The number of imidazole rings is 1. The Hall–Kier alpha value is -2.76. The van der Waals surface area contributed by atoms with Gasteiger partial charge in [-0.3, -0.25) is 14.8 Å². The molecule has 0 saturated heterocycles. The number of nitrogens with one attached hydrogen (secondary N) is 1. The number of amides is 1. The van der Waals surface area contributed by atoms with E-state index < -0.39 is 0 Å². The van der Waals surface area contributed by atoms with Crippen LogP contribution >= 0.6 is 0 Å². The predicted molar refractivity (Wildman–Crippen MR) is 83.1 cm³/mol. The highest BCUT2D eigenvalue weighted by atomic mass is 16.1. The molecule has 0 radical (unpaired) electrons. The summed E-state index contributed by atoms with van der Waals surface area (Å²) < 4.78 is 2.00. The van der Waals surface area contributed by atoms with Crippen LogP contribution in [0.5, 0.6) is 0 Å². The van der Waals surface area contributed by atoms with Crippen molar-refractivity contribution in [3.05, 3.63) is 54.9 Å². The second-order valence-electron chi connectivity index (χ2n) is 4.97. The molecule has 0 saturated carbocycles. The lowest BCUT2D eigenvalue weighted by Gasteiger charge is -2.06. The first kappa shape index (κ1) is 14.2. The largest absolute Gasteiger partial charge is 0.356 e. The van der Waals surface area contributed by atoms with Crippen molar-refractivity contribution in [1.29, 1.82) is 0 Å². The van der Waals surface area contributed by atoms with Crippen LogP contribution in [0.25, 0.3) is 11.0 Å². The van der Waals surface area contributed by atoms with E-state index in [9.17, 15) is 4.79 Å². The van der Waals surface area contributed by atoms with E-state index in [-0.39, 0.29) is 5.91 Å². The second kappa shape index (κ2) is 6.80. The van der Waals surface area contributed by atoms with Crippen LogP contribution in [0.2, 0.25) is 0 Å². The Kier molecular flexibility index (Phi) is 4.38. The molecule has 0 spiro atoms. The van der Waals surface area contributed by atoms with Gasteiger partial charge in [-0.25, -0.2) is 4.98 Å². The lowest BCUT2D eigenvalue weighted by atomic mass is 10.3. The fraction of sp³-hybridized carbons (Fsp3) is 0.250. The molecule has 0 aliphatic rings. The first-order valence-electron chi connectivity index (χ1n) is 7.24. The average Bonchev–Trinajstić information content (AvgIpc) is 2.97. The minimum absolute atomic E-state index is 0.0293. The van der Waals surface area contributed by atoms with Gasteiger partial charge in [0.05, 0.1) is 23.1 Å². The summed E-state index contributed by atoms with van der Waals surface area (Å²) in [5.74, 6) is 0.0293. The van der Waals surface area contributed by atoms with Gasteiger partial charge >= 0.3 is 0 Å². The number of fused-ring (bicyclic) bond motifs is 1. The Morgan fingerprint density at radius 3 is 2.95 bits per heavy atom. The van der Waals surface area contributed by atoms with E-state index in [2.05, 4.69) is 20.3 Å². The van der Waals surface area contributed by atoms with E-state index in [0.29, 0.717) is 25.9 Å². The summed E-state index contributed by atoms with van der Waals surface area (Å²) in [7, 11) is 0. The topological polar surface area (TPSA) is 72.7 Å². The molecule has 1 amide bonds. The van der Waals surface area contributed by atoms with Gasteiger partial charge in [0.15, 0.2) is 0 Å². The van der Waals surface area contributed by atoms with Crippen molar-refractivity contribution < 1.29 is 4.79 Å². The average molecular weight is 295 g/mol. The van der Waals surface area contributed by atoms with Gasteiger partial charge in [-0.2, -0.15) is 0 Å². The molecule has 3 rings (SSSR count). The number of benzene rings is 1. The van der Waals surface area contributed by atoms with Gasteiger partial charge in [-0.15, -0.1) is 0 Å². The van der Waals surface area contributed by atoms with Crippen molar-refractivity contribution in [3.8, 4) is 0 Å². The Bertz CT molecular complexity index is 753. The molecule has 112 valence electrons. The second-order valence-corrected chi connectivity index (χ2v) is 4.97. The fourth-order valence-corrected chi connectivity index (χ4v) is 2.29. The Morgan fingerprint density at radius 1 is 1.18 bits per heavy atom. The minimum atomic E-state index is 0.0293. The molecular formula is C16H17N5O. The van der Waals surface area contributed by atoms with E-state index in [1.54, 1.807) is 24.9 Å². The zero-order valence-electron chi connectivity index (χ0n) is 12.1. The number of hydrogen-bond donors (Lipinski definition) is 1. The zero-order chi connectivity index (χ0) is 15.2. The third-order valence-corrected chi connectivity index (χ3v) is 3.43. The van der Waals surface area contributed by atoms with Crippen LogP contribution in [0.3, 0.4) is 0 Å². The van der Waals surface area contributed by atoms with E-state index in [1.807, 2.05) is 28.8 Å². The number of hydrogen-bond acceptors (Lipinski definition) is 4. The number of nitrogens with zero attached hydrogens (tertiary/aromatic N) is 4. The molecule has 2 aromatic heterocycles. The number of rotatable bonds is 6. The summed E-state index contributed by atoms with van der Waals surface area (Å²) in [5, 5.41) is 2.90. The van der Waals surface area contributed by atoms with Gasteiger partial charge in [-0.1, -0.05) is 12.1 Å². The zero-order valence-corrected chi connectivity index (χ0v) is 12.1. The predicted octanol–water partition coefficient (Wildman–Crippen LogP) is 1.58. The lowest BCUT2D eigenvalue weighted by Crippen LogP contribution is -2.26. The van der Waals surface area contributed by atoms with Crippen LogP contribution in [0.4, 0.5) is 0 Å². The van der Waals surface area contributed by atoms with Gasteiger partial charge in [0.1, 0.15) is 0 Å². The molecule has 0 aliphatic heterocycles. The maximum Gasteiger partial charge on any atom is 0.221 e. The van der Waals surface area contributed by atoms with Crippen molar-refractivity contribution >= 4 is 16.9 Å². The molecule has 1 N–H and O–H groups in total. The van der Waals surface area contributed by atoms with E-state index in [1.165, 1.54) is 0 Å². The van der Waals surface area contributed by atoms with Gasteiger partial charge < -0.3 is 9.88 Å². The van der Waals surface area contributed by atoms with Gasteiger partial charge in [0, 0.05) is 44.5 Å². The number of carbonyl (C=O) groups is 1. The minimum Gasteiger partial charge on any atom is -0.356 e. The lowest BCUT2D eigenvalue weighted by molar-refractivity contribution is -0.121. The molecule has 6 nitrogen and oxygen atoms in total. The van der Waals surface area contributed by atoms with Crippen LogP contribution in [-0.4, -0.2) is 32.0 Å². The molecule has 2 heterocycles. The Labute approximate surface area is 128 Å². The molecule has 3 aromatic rings. The van der Waals surface area contributed by atoms with Crippen LogP contribution in [0, 0.1) is 0 Å². The first-order chi connectivity index (χ1) is 10.8. The summed E-state index contributed by atoms with van der Waals surface area (Å²) in [4.78, 5) is 24.4. The third-order valence-electron chi connectivity index (χ3n) is 3.43. The normalized spacial score (nSPS) is 10.7. The Morgan fingerprint density at radius 2 is 2.09 bits per heavy atom. The standard InChI is InChI=1S/C16H17N5O/c22-16(19-7-5-13-11-17-8-9-18-13)6-10-21-12-20-14-3-1-2-4-15(14)21/h1-4,8-9,11-12H,5-7,10H2,(H,19,22). The number of aromatic nitrogens is 4. The maximum absolute atomic E-state index is 11.9. The fourth-order valence-electron chi connectivity index (χ4n) is 2.29. The quantitative estimate of drug-likeness (QED) is 0.749. The number of carbonyl (C=O) groups excluding carboxylic acids is 1. The van der Waals surface area contributed by atoms with Crippen molar-refractivity contribution in [2.24, 2.45) is 0 Å². The van der Waals surface area contributed by atoms with Crippen molar-refractivity contribution in [3.63, 3.8) is 0 Å². The van der Waals surface area contributed by atoms with Gasteiger partial charge in [-0.05, 0) is 12.1 Å². The van der Waals surface area contributed by atoms with Crippen LogP contribution in [-0.2, 0) is 17.8 Å². The summed E-state index contributed by atoms with van der Waals surface area (Å²) in [6, 6.07) is 7.90. The van der Waals surface area contributed by atoms with Crippen molar-refractivity contribution in [2.45, 2.75) is 19.4 Å². The molecule has 0 aliphatic carbocycles. The monoisotopic (exact) mass is 295 g/mol.